The number of imidazole rings is 2. The fourth-order valence-electron chi connectivity index (χ4n) is 6.33. The maximum atomic E-state index is 14.6. The van der Waals surface area contributed by atoms with Crippen molar-refractivity contribution in [3.8, 4) is 6.07 Å². The van der Waals surface area contributed by atoms with E-state index in [1.165, 1.54) is 21.7 Å². The number of benzene rings is 1. The zero-order chi connectivity index (χ0) is 30.6. The van der Waals surface area contributed by atoms with Gasteiger partial charge in [-0.05, 0) is 52.3 Å². The third-order valence-electron chi connectivity index (χ3n) is 8.47. The minimum absolute atomic E-state index is 0.0811. The van der Waals surface area contributed by atoms with Crippen LogP contribution < -0.4 is 5.32 Å². The standard InChI is InChI=1S/C29H25BrN8O4S2/c30-24-5-6-26(43-24)44(41,42)37-13-21-22(14-37)27(21)38-25(7-23(39)18-3-1-17(10-31)2-4-18)36-29(28(38)40,8-19-11-32-15-34-19)9-20-12-33-16-35-20/h1-7,11-12,15-16,21-22,27,36H,8-9,13-14H2,(H,32,34)(H,33,35). The van der Waals surface area contributed by atoms with E-state index in [-0.39, 0.29) is 59.7 Å². The van der Waals surface area contributed by atoms with Gasteiger partial charge >= 0.3 is 0 Å². The molecule has 0 spiro atoms. The van der Waals surface area contributed by atoms with Gasteiger partial charge in [0.05, 0.1) is 28.1 Å². The number of carbonyl (C=O) groups excluding carboxylic acids is 2. The van der Waals surface area contributed by atoms with Crippen LogP contribution in [0.4, 0.5) is 0 Å². The van der Waals surface area contributed by atoms with Crippen molar-refractivity contribution in [1.29, 1.82) is 5.26 Å². The third kappa shape index (κ3) is 4.97. The van der Waals surface area contributed by atoms with Crippen LogP contribution in [-0.2, 0) is 27.7 Å². The van der Waals surface area contributed by atoms with Crippen LogP contribution in [0.2, 0.25) is 0 Å². The number of halogens is 1. The Hall–Kier alpha value is -4.10. The number of amides is 1. The molecule has 5 heterocycles. The van der Waals surface area contributed by atoms with Crippen molar-refractivity contribution in [3.63, 3.8) is 0 Å². The van der Waals surface area contributed by atoms with Gasteiger partial charge in [0, 0.05) is 79.2 Å². The molecule has 2 saturated heterocycles. The molecule has 1 saturated carbocycles. The van der Waals surface area contributed by atoms with Gasteiger partial charge in [0.2, 0.25) is 0 Å². The van der Waals surface area contributed by atoms with Gasteiger partial charge in [-0.3, -0.25) is 14.5 Å². The van der Waals surface area contributed by atoms with Gasteiger partial charge in [-0.2, -0.15) is 9.57 Å². The number of nitrogens with one attached hydrogen (secondary N) is 3. The average molecular weight is 694 g/mol. The van der Waals surface area contributed by atoms with E-state index in [4.69, 9.17) is 5.26 Å². The Balaban J connectivity index is 1.22. The molecule has 3 aromatic heterocycles. The highest BCUT2D eigenvalue weighted by molar-refractivity contribution is 9.11. The molecule has 2 unspecified atom stereocenters. The SMILES string of the molecule is N#Cc1ccc(C(=O)C=C2NC(Cc3cnc[nH]3)(Cc3cnc[nH]3)C(=O)N2C2C3CN(S(=O)(=O)c4ccc(Br)s4)CC32)cc1. The summed E-state index contributed by atoms with van der Waals surface area (Å²) in [5.41, 5.74) is 1.12. The third-order valence-corrected chi connectivity index (χ3v) is 12.4. The van der Waals surface area contributed by atoms with Crippen molar-refractivity contribution in [3.05, 3.63) is 99.6 Å². The Morgan fingerprint density at radius 2 is 1.70 bits per heavy atom. The lowest BCUT2D eigenvalue weighted by Gasteiger charge is -2.27. The number of rotatable bonds is 9. The summed E-state index contributed by atoms with van der Waals surface area (Å²) in [4.78, 5) is 44.1. The summed E-state index contributed by atoms with van der Waals surface area (Å²) >= 11 is 4.51. The van der Waals surface area contributed by atoms with E-state index in [1.54, 1.807) is 66.3 Å². The first-order valence-corrected chi connectivity index (χ1v) is 16.8. The van der Waals surface area contributed by atoms with Crippen LogP contribution in [0.1, 0.15) is 27.3 Å². The second kappa shape index (κ2) is 10.8. The van der Waals surface area contributed by atoms with Gasteiger partial charge in [0.25, 0.3) is 15.9 Å². The second-order valence-corrected chi connectivity index (χ2v) is 15.8. The molecule has 1 amide bonds. The molecule has 1 aliphatic carbocycles. The molecule has 7 rings (SSSR count). The summed E-state index contributed by atoms with van der Waals surface area (Å²) in [5.74, 6) is -0.340. The van der Waals surface area contributed by atoms with Crippen molar-refractivity contribution < 1.29 is 18.0 Å². The number of thiophene rings is 1. The number of hydrogen-bond acceptors (Lipinski definition) is 9. The minimum atomic E-state index is -3.66. The maximum absolute atomic E-state index is 14.6. The largest absolute Gasteiger partial charge is 0.356 e. The second-order valence-electron chi connectivity index (χ2n) is 11.2. The van der Waals surface area contributed by atoms with Crippen LogP contribution in [0.15, 0.2) is 81.3 Å². The van der Waals surface area contributed by atoms with Crippen LogP contribution in [0.25, 0.3) is 0 Å². The summed E-state index contributed by atoms with van der Waals surface area (Å²) in [7, 11) is -3.66. The zero-order valence-electron chi connectivity index (χ0n) is 23.0. The number of carbonyl (C=O) groups is 2. The molecule has 1 aromatic carbocycles. The van der Waals surface area contributed by atoms with Crippen molar-refractivity contribution in [2.45, 2.75) is 28.6 Å². The van der Waals surface area contributed by atoms with Gasteiger partial charge in [0.15, 0.2) is 5.78 Å². The maximum Gasteiger partial charge on any atom is 0.254 e. The summed E-state index contributed by atoms with van der Waals surface area (Å²) in [5, 5.41) is 12.6. The predicted molar refractivity (Wildman–Crippen MR) is 162 cm³/mol. The van der Waals surface area contributed by atoms with Crippen molar-refractivity contribution >= 4 is 49.0 Å². The molecule has 2 atom stereocenters. The fraction of sp³-hybridized carbons (Fsp3) is 0.276. The zero-order valence-corrected chi connectivity index (χ0v) is 26.2. The van der Waals surface area contributed by atoms with Gasteiger partial charge in [-0.1, -0.05) is 0 Å². The summed E-state index contributed by atoms with van der Waals surface area (Å²) in [6.07, 6.45) is 8.37. The van der Waals surface area contributed by atoms with Crippen LogP contribution in [0.5, 0.6) is 0 Å². The number of allylic oxidation sites excluding steroid dienone is 1. The summed E-state index contributed by atoms with van der Waals surface area (Å²) in [6, 6.07) is 11.4. The fourth-order valence-corrected chi connectivity index (χ4v) is 10.0. The Kier molecular flexibility index (Phi) is 7.04. The Bertz CT molecular complexity index is 1870. The van der Waals surface area contributed by atoms with E-state index in [9.17, 15) is 18.0 Å². The van der Waals surface area contributed by atoms with Gasteiger partial charge < -0.3 is 15.3 Å². The highest BCUT2D eigenvalue weighted by atomic mass is 79.9. The average Bonchev–Trinajstić information content (AvgIpc) is 3.72. The van der Waals surface area contributed by atoms with Crippen molar-refractivity contribution in [2.24, 2.45) is 11.8 Å². The molecule has 3 aliphatic rings. The molecule has 0 bridgehead atoms. The molecular formula is C29H25BrN8O4S2. The Morgan fingerprint density at radius 1 is 1.07 bits per heavy atom. The molecule has 44 heavy (non-hydrogen) atoms. The first kappa shape index (κ1) is 28.7. The predicted octanol–water partition coefficient (Wildman–Crippen LogP) is 2.83. The molecule has 3 N–H and O–H groups in total. The smallest absolute Gasteiger partial charge is 0.254 e. The van der Waals surface area contributed by atoms with Crippen LogP contribution in [0.3, 0.4) is 0 Å². The molecule has 0 radical (unpaired) electrons. The lowest BCUT2D eigenvalue weighted by atomic mass is 9.88. The quantitative estimate of drug-likeness (QED) is 0.178. The number of aromatic amines is 2. The molecule has 12 nitrogen and oxygen atoms in total. The van der Waals surface area contributed by atoms with E-state index in [2.05, 4.69) is 41.2 Å². The lowest BCUT2D eigenvalue weighted by molar-refractivity contribution is -0.132. The number of ketones is 1. The monoisotopic (exact) mass is 692 g/mol. The molecule has 3 fully saturated rings. The molecular weight excluding hydrogens is 668 g/mol. The highest BCUT2D eigenvalue weighted by Crippen LogP contribution is 2.53. The molecule has 224 valence electrons. The minimum Gasteiger partial charge on any atom is -0.356 e. The van der Waals surface area contributed by atoms with Gasteiger partial charge in [-0.15, -0.1) is 11.3 Å². The van der Waals surface area contributed by atoms with Crippen LogP contribution in [-0.4, -0.2) is 73.9 Å². The topological polar surface area (TPSA) is 168 Å². The molecule has 4 aromatic rings. The number of hydrogen-bond donors (Lipinski definition) is 3. The number of aromatic nitrogens is 4. The van der Waals surface area contributed by atoms with E-state index in [0.717, 1.165) is 15.2 Å². The Morgan fingerprint density at radius 3 is 2.23 bits per heavy atom. The Labute approximate surface area is 265 Å². The number of sulfonamides is 1. The van der Waals surface area contributed by atoms with Gasteiger partial charge in [-0.25, -0.2) is 18.4 Å². The van der Waals surface area contributed by atoms with E-state index in [1.807, 2.05) is 6.07 Å². The number of piperidine rings is 1. The number of nitriles is 1. The van der Waals surface area contributed by atoms with Crippen LogP contribution in [0, 0.1) is 23.2 Å². The van der Waals surface area contributed by atoms with E-state index in [0.29, 0.717) is 16.9 Å². The highest BCUT2D eigenvalue weighted by Gasteiger charge is 2.65. The number of H-pyrrole nitrogens is 2. The first-order chi connectivity index (χ1) is 21.2. The van der Waals surface area contributed by atoms with E-state index < -0.39 is 15.6 Å². The number of fused-ring (bicyclic) bond motifs is 1. The number of nitrogens with zero attached hydrogens (tertiary/aromatic N) is 5. The summed E-state index contributed by atoms with van der Waals surface area (Å²) < 4.78 is 29.1. The van der Waals surface area contributed by atoms with Crippen LogP contribution >= 0.6 is 27.3 Å². The van der Waals surface area contributed by atoms with E-state index >= 15 is 0 Å². The normalized spacial score (nSPS) is 23.5. The molecule has 2 aliphatic heterocycles. The van der Waals surface area contributed by atoms with Crippen molar-refractivity contribution in [1.82, 2.24) is 34.5 Å². The first-order valence-electron chi connectivity index (χ1n) is 13.8. The van der Waals surface area contributed by atoms with Crippen molar-refractivity contribution in [2.75, 3.05) is 13.1 Å². The molecule has 15 heteroatoms. The lowest BCUT2D eigenvalue weighted by Crippen LogP contribution is -2.51. The summed E-state index contributed by atoms with van der Waals surface area (Å²) in [6.45, 7) is 0.559. The van der Waals surface area contributed by atoms with Gasteiger partial charge in [0.1, 0.15) is 15.6 Å².